The Morgan fingerprint density at radius 2 is 2.00 bits per heavy atom. The van der Waals surface area contributed by atoms with Crippen molar-refractivity contribution in [2.75, 3.05) is 0 Å². The molecule has 2 aromatic rings. The highest BCUT2D eigenvalue weighted by molar-refractivity contribution is 9.10. The lowest BCUT2D eigenvalue weighted by molar-refractivity contribution is -0.138. The van der Waals surface area contributed by atoms with Crippen molar-refractivity contribution in [1.29, 1.82) is 0 Å². The lowest BCUT2D eigenvalue weighted by Crippen LogP contribution is -2.15. The first-order chi connectivity index (χ1) is 9.08. The molecule has 0 radical (unpaired) electrons. The summed E-state index contributed by atoms with van der Waals surface area (Å²) in [6.45, 7) is 0. The van der Waals surface area contributed by atoms with Gasteiger partial charge in [-0.2, -0.15) is 0 Å². The molecule has 2 rings (SSSR count). The predicted octanol–water partition coefficient (Wildman–Crippen LogP) is 3.91. The Balaban J connectivity index is 2.29. The number of carboxylic acids is 1. The normalized spacial score (nSPS) is 12.1. The summed E-state index contributed by atoms with van der Waals surface area (Å²) in [7, 11) is 0. The Morgan fingerprint density at radius 1 is 1.32 bits per heavy atom. The van der Waals surface area contributed by atoms with Crippen LogP contribution in [0.25, 0.3) is 0 Å². The second-order valence-electron chi connectivity index (χ2n) is 4.12. The maximum Gasteiger partial charge on any atom is 0.311 e. The lowest BCUT2D eigenvalue weighted by atomic mass is 9.93. The molecule has 3 nitrogen and oxygen atoms in total. The van der Waals surface area contributed by atoms with E-state index < -0.39 is 11.9 Å². The van der Waals surface area contributed by atoms with Gasteiger partial charge in [-0.25, -0.2) is 0 Å². The molecule has 0 bridgehead atoms. The molecule has 19 heavy (non-hydrogen) atoms. The summed E-state index contributed by atoms with van der Waals surface area (Å²) in [5.41, 5.74) is 1.54. The number of benzene rings is 1. The number of pyridine rings is 1. The summed E-state index contributed by atoms with van der Waals surface area (Å²) in [6, 6.07) is 9.23. The van der Waals surface area contributed by atoms with E-state index in [1.165, 1.54) is 6.20 Å². The van der Waals surface area contributed by atoms with E-state index in [2.05, 4.69) is 20.9 Å². The van der Waals surface area contributed by atoms with Gasteiger partial charge in [0, 0.05) is 16.9 Å². The molecule has 0 aliphatic rings. The number of hydrogen-bond donors (Lipinski definition) is 1. The highest BCUT2D eigenvalue weighted by Crippen LogP contribution is 2.27. The van der Waals surface area contributed by atoms with Gasteiger partial charge in [0.05, 0.1) is 10.9 Å². The van der Waals surface area contributed by atoms with Gasteiger partial charge < -0.3 is 5.11 Å². The Morgan fingerprint density at radius 3 is 2.58 bits per heavy atom. The molecule has 1 atom stereocenters. The van der Waals surface area contributed by atoms with Crippen LogP contribution in [0.1, 0.15) is 17.0 Å². The minimum Gasteiger partial charge on any atom is -0.481 e. The Hall–Kier alpha value is -1.39. The van der Waals surface area contributed by atoms with Gasteiger partial charge in [0.1, 0.15) is 0 Å². The molecule has 0 fully saturated rings. The molecule has 0 saturated carbocycles. The monoisotopic (exact) mass is 339 g/mol. The van der Waals surface area contributed by atoms with Crippen LogP contribution in [0.4, 0.5) is 0 Å². The van der Waals surface area contributed by atoms with Gasteiger partial charge in [0.2, 0.25) is 0 Å². The molecule has 5 heteroatoms. The van der Waals surface area contributed by atoms with Crippen molar-refractivity contribution >= 4 is 33.5 Å². The van der Waals surface area contributed by atoms with Gasteiger partial charge in [0.25, 0.3) is 0 Å². The van der Waals surface area contributed by atoms with Gasteiger partial charge in [-0.15, -0.1) is 0 Å². The largest absolute Gasteiger partial charge is 0.481 e. The number of rotatable bonds is 4. The van der Waals surface area contributed by atoms with Crippen molar-refractivity contribution < 1.29 is 9.90 Å². The highest BCUT2D eigenvalue weighted by atomic mass is 79.9. The smallest absolute Gasteiger partial charge is 0.311 e. The van der Waals surface area contributed by atoms with E-state index in [0.717, 1.165) is 10.0 Å². The Kier molecular flexibility index (Phi) is 4.56. The number of aliphatic carboxylic acids is 1. The fraction of sp³-hybridized carbons (Fsp3) is 0.143. The van der Waals surface area contributed by atoms with E-state index in [9.17, 15) is 9.90 Å². The molecule has 0 aliphatic carbocycles. The van der Waals surface area contributed by atoms with Crippen molar-refractivity contribution in [2.24, 2.45) is 0 Å². The summed E-state index contributed by atoms with van der Waals surface area (Å²) in [5, 5.41) is 9.76. The lowest BCUT2D eigenvalue weighted by Gasteiger charge is -2.14. The highest BCUT2D eigenvalue weighted by Gasteiger charge is 2.22. The fourth-order valence-corrected chi connectivity index (χ4v) is 2.37. The van der Waals surface area contributed by atoms with Crippen LogP contribution in [0.5, 0.6) is 0 Å². The number of carbonyl (C=O) groups is 1. The topological polar surface area (TPSA) is 50.2 Å². The average Bonchev–Trinajstić information content (AvgIpc) is 2.39. The summed E-state index contributed by atoms with van der Waals surface area (Å²) >= 11 is 9.37. The minimum atomic E-state index is -0.893. The second-order valence-corrected chi connectivity index (χ2v) is 5.44. The zero-order valence-corrected chi connectivity index (χ0v) is 12.2. The third-order valence-corrected chi connectivity index (χ3v) is 3.67. The van der Waals surface area contributed by atoms with E-state index in [4.69, 9.17) is 11.6 Å². The van der Waals surface area contributed by atoms with Crippen molar-refractivity contribution in [3.05, 3.63) is 63.3 Å². The number of carboxylic acid groups (broad SMARTS) is 1. The van der Waals surface area contributed by atoms with E-state index in [1.807, 2.05) is 24.3 Å². The summed E-state index contributed by atoms with van der Waals surface area (Å²) in [4.78, 5) is 15.3. The van der Waals surface area contributed by atoms with Gasteiger partial charge in [-0.3, -0.25) is 9.78 Å². The fourth-order valence-electron chi connectivity index (χ4n) is 1.86. The quantitative estimate of drug-likeness (QED) is 0.918. The first-order valence-electron chi connectivity index (χ1n) is 5.64. The van der Waals surface area contributed by atoms with Gasteiger partial charge >= 0.3 is 5.97 Å². The Labute approximate surface area is 124 Å². The standard InChI is InChI=1S/C14H11BrClNO2/c15-10-3-1-9(2-4-10)7-12(14(18)19)11-5-6-17-8-13(11)16/h1-6,8,12H,7H2,(H,18,19). The molecule has 0 aliphatic heterocycles. The van der Waals surface area contributed by atoms with Crippen molar-refractivity contribution in [3.63, 3.8) is 0 Å². The third-order valence-electron chi connectivity index (χ3n) is 2.83. The van der Waals surface area contributed by atoms with E-state index in [1.54, 1.807) is 12.3 Å². The van der Waals surface area contributed by atoms with Crippen LogP contribution in [-0.2, 0) is 11.2 Å². The van der Waals surface area contributed by atoms with Crippen molar-refractivity contribution in [2.45, 2.75) is 12.3 Å². The van der Waals surface area contributed by atoms with E-state index in [-0.39, 0.29) is 0 Å². The summed E-state index contributed by atoms with van der Waals surface area (Å²) in [6.07, 6.45) is 3.42. The van der Waals surface area contributed by atoms with Crippen molar-refractivity contribution in [3.8, 4) is 0 Å². The number of hydrogen-bond acceptors (Lipinski definition) is 2. The molecule has 1 heterocycles. The molecular formula is C14H11BrClNO2. The summed E-state index contributed by atoms with van der Waals surface area (Å²) in [5.74, 6) is -1.56. The molecule has 0 amide bonds. The van der Waals surface area contributed by atoms with Gasteiger partial charge in [-0.1, -0.05) is 39.7 Å². The van der Waals surface area contributed by atoms with Crippen molar-refractivity contribution in [1.82, 2.24) is 4.98 Å². The molecule has 0 spiro atoms. The van der Waals surface area contributed by atoms with Crippen LogP contribution in [0, 0.1) is 0 Å². The Bertz CT molecular complexity index is 586. The first kappa shape index (κ1) is 14.0. The molecule has 0 saturated heterocycles. The van der Waals surface area contributed by atoms with E-state index in [0.29, 0.717) is 17.0 Å². The maximum absolute atomic E-state index is 11.4. The average molecular weight is 341 g/mol. The molecular weight excluding hydrogens is 330 g/mol. The first-order valence-corrected chi connectivity index (χ1v) is 6.81. The van der Waals surface area contributed by atoms with Gasteiger partial charge in [-0.05, 0) is 35.7 Å². The predicted molar refractivity (Wildman–Crippen MR) is 77.5 cm³/mol. The molecule has 1 N–H and O–H groups in total. The van der Waals surface area contributed by atoms with Crippen LogP contribution >= 0.6 is 27.5 Å². The number of halogens is 2. The molecule has 1 unspecified atom stereocenters. The van der Waals surface area contributed by atoms with E-state index >= 15 is 0 Å². The molecule has 1 aromatic heterocycles. The minimum absolute atomic E-state index is 0.381. The maximum atomic E-state index is 11.4. The molecule has 1 aromatic carbocycles. The van der Waals surface area contributed by atoms with Gasteiger partial charge in [0.15, 0.2) is 0 Å². The number of aromatic nitrogens is 1. The van der Waals surface area contributed by atoms with Crippen LogP contribution in [0.15, 0.2) is 47.2 Å². The van der Waals surface area contributed by atoms with Crippen LogP contribution < -0.4 is 0 Å². The second kappa shape index (κ2) is 6.17. The number of nitrogens with zero attached hydrogens (tertiary/aromatic N) is 1. The van der Waals surface area contributed by atoms with Crippen LogP contribution in [0.3, 0.4) is 0 Å². The summed E-state index contributed by atoms with van der Waals surface area (Å²) < 4.78 is 0.963. The van der Waals surface area contributed by atoms with Crippen LogP contribution in [0.2, 0.25) is 5.02 Å². The SMILES string of the molecule is O=C(O)C(Cc1ccc(Br)cc1)c1ccncc1Cl. The van der Waals surface area contributed by atoms with Crippen LogP contribution in [-0.4, -0.2) is 16.1 Å². The zero-order chi connectivity index (χ0) is 13.8. The molecule has 98 valence electrons. The zero-order valence-electron chi connectivity index (χ0n) is 9.88. The third kappa shape index (κ3) is 3.55.